The number of rotatable bonds is 7. The first-order chi connectivity index (χ1) is 12.0. The van der Waals surface area contributed by atoms with E-state index in [0.29, 0.717) is 5.75 Å². The first kappa shape index (κ1) is 18.3. The van der Waals surface area contributed by atoms with Crippen LogP contribution in [0.2, 0.25) is 0 Å². The summed E-state index contributed by atoms with van der Waals surface area (Å²) in [4.78, 5) is 23.9. The van der Waals surface area contributed by atoms with Crippen molar-refractivity contribution < 1.29 is 23.8 Å². The van der Waals surface area contributed by atoms with E-state index in [-0.39, 0.29) is 29.9 Å². The van der Waals surface area contributed by atoms with Gasteiger partial charge in [-0.1, -0.05) is 30.3 Å². The van der Waals surface area contributed by atoms with Crippen LogP contribution >= 0.6 is 0 Å². The lowest BCUT2D eigenvalue weighted by molar-refractivity contribution is -0.123. The van der Waals surface area contributed by atoms with E-state index in [1.165, 1.54) is 20.3 Å². The molecule has 0 bridgehead atoms. The number of benzene rings is 2. The molecule has 6 nitrogen and oxygen atoms in total. The summed E-state index contributed by atoms with van der Waals surface area (Å²) in [7, 11) is 2.79. The molecule has 1 N–H and O–H groups in total. The topological polar surface area (TPSA) is 73.9 Å². The molecular weight excluding hydrogens is 322 g/mol. The van der Waals surface area contributed by atoms with Crippen molar-refractivity contribution in [1.29, 1.82) is 0 Å². The number of hydrogen-bond acceptors (Lipinski definition) is 5. The van der Waals surface area contributed by atoms with Crippen molar-refractivity contribution in [3.05, 3.63) is 59.7 Å². The fourth-order valence-corrected chi connectivity index (χ4v) is 2.28. The largest absolute Gasteiger partial charge is 0.497 e. The molecule has 0 aromatic heterocycles. The summed E-state index contributed by atoms with van der Waals surface area (Å²) in [5, 5.41) is 2.85. The average Bonchev–Trinajstić information content (AvgIpc) is 2.66. The molecule has 0 aliphatic rings. The fraction of sp³-hybridized carbons (Fsp3) is 0.263. The van der Waals surface area contributed by atoms with Gasteiger partial charge in [-0.3, -0.25) is 4.79 Å². The van der Waals surface area contributed by atoms with E-state index in [0.717, 1.165) is 5.56 Å². The maximum absolute atomic E-state index is 12.1. The normalized spacial score (nSPS) is 11.3. The van der Waals surface area contributed by atoms with Crippen LogP contribution < -0.4 is 14.8 Å². The summed E-state index contributed by atoms with van der Waals surface area (Å²) in [5.41, 5.74) is 1.22. The Morgan fingerprint density at radius 1 is 1.08 bits per heavy atom. The van der Waals surface area contributed by atoms with Gasteiger partial charge in [-0.05, 0) is 24.6 Å². The molecule has 0 unspecified atom stereocenters. The number of carbonyl (C=O) groups is 2. The van der Waals surface area contributed by atoms with Crippen molar-refractivity contribution in [2.24, 2.45) is 0 Å². The Morgan fingerprint density at radius 2 is 1.80 bits per heavy atom. The molecule has 2 rings (SSSR count). The van der Waals surface area contributed by atoms with Gasteiger partial charge in [0.2, 0.25) is 0 Å². The number of methoxy groups -OCH3 is 2. The molecule has 1 atom stereocenters. The van der Waals surface area contributed by atoms with E-state index in [1.54, 1.807) is 12.1 Å². The number of carbonyl (C=O) groups excluding carboxylic acids is 2. The van der Waals surface area contributed by atoms with Crippen molar-refractivity contribution in [1.82, 2.24) is 5.32 Å². The number of esters is 1. The molecule has 0 saturated heterocycles. The molecule has 0 radical (unpaired) electrons. The van der Waals surface area contributed by atoms with Crippen LogP contribution in [-0.2, 0) is 9.53 Å². The van der Waals surface area contributed by atoms with Crippen LogP contribution in [0.5, 0.6) is 11.5 Å². The van der Waals surface area contributed by atoms with E-state index in [9.17, 15) is 9.59 Å². The van der Waals surface area contributed by atoms with Gasteiger partial charge in [0.15, 0.2) is 6.61 Å². The fourth-order valence-electron chi connectivity index (χ4n) is 2.28. The third kappa shape index (κ3) is 4.97. The second kappa shape index (κ2) is 8.73. The Balaban J connectivity index is 2.02. The van der Waals surface area contributed by atoms with Gasteiger partial charge in [-0.25, -0.2) is 4.79 Å². The van der Waals surface area contributed by atoms with Crippen LogP contribution in [0.1, 0.15) is 28.9 Å². The highest BCUT2D eigenvalue weighted by Gasteiger charge is 2.16. The zero-order valence-corrected chi connectivity index (χ0v) is 14.4. The number of amides is 1. The van der Waals surface area contributed by atoms with Crippen molar-refractivity contribution >= 4 is 11.9 Å². The van der Waals surface area contributed by atoms with E-state index in [2.05, 4.69) is 5.32 Å². The Kier molecular flexibility index (Phi) is 6.39. The van der Waals surface area contributed by atoms with Crippen LogP contribution in [0, 0.1) is 0 Å². The summed E-state index contributed by atoms with van der Waals surface area (Å²) < 4.78 is 15.3. The van der Waals surface area contributed by atoms with Crippen LogP contribution in [0.3, 0.4) is 0 Å². The molecule has 2 aromatic rings. The van der Waals surface area contributed by atoms with Gasteiger partial charge >= 0.3 is 5.97 Å². The minimum absolute atomic E-state index is 0.150. The van der Waals surface area contributed by atoms with Crippen LogP contribution in [0.15, 0.2) is 48.5 Å². The number of hydrogen-bond donors (Lipinski definition) is 1. The van der Waals surface area contributed by atoms with Gasteiger partial charge in [-0.15, -0.1) is 0 Å². The molecule has 25 heavy (non-hydrogen) atoms. The van der Waals surface area contributed by atoms with Crippen molar-refractivity contribution in [3.63, 3.8) is 0 Å². The van der Waals surface area contributed by atoms with Gasteiger partial charge in [-0.2, -0.15) is 0 Å². The van der Waals surface area contributed by atoms with Gasteiger partial charge in [0, 0.05) is 6.07 Å². The molecule has 1 amide bonds. The van der Waals surface area contributed by atoms with Crippen molar-refractivity contribution in [3.8, 4) is 11.5 Å². The van der Waals surface area contributed by atoms with Crippen LogP contribution in [0.25, 0.3) is 0 Å². The number of ether oxygens (including phenoxy) is 3. The molecule has 0 aliphatic carbocycles. The molecule has 0 heterocycles. The SMILES string of the molecule is COC(=O)c1ccc(OC)cc1OCC(=O)N[C@@H](C)c1ccccc1. The van der Waals surface area contributed by atoms with E-state index in [4.69, 9.17) is 14.2 Å². The predicted octanol–water partition coefficient (Wildman–Crippen LogP) is 2.74. The molecule has 0 fully saturated rings. The zero-order valence-electron chi connectivity index (χ0n) is 14.4. The van der Waals surface area contributed by atoms with Gasteiger partial charge in [0.1, 0.15) is 17.1 Å². The molecular formula is C19H21NO5. The zero-order chi connectivity index (χ0) is 18.2. The lowest BCUT2D eigenvalue weighted by Crippen LogP contribution is -2.31. The Labute approximate surface area is 146 Å². The Bertz CT molecular complexity index is 730. The minimum atomic E-state index is -0.546. The Hall–Kier alpha value is -3.02. The third-order valence-electron chi connectivity index (χ3n) is 3.63. The molecule has 6 heteroatoms. The van der Waals surface area contributed by atoms with Crippen molar-refractivity contribution in [2.75, 3.05) is 20.8 Å². The maximum Gasteiger partial charge on any atom is 0.341 e. The molecule has 0 saturated carbocycles. The summed E-state index contributed by atoms with van der Waals surface area (Å²) in [5.74, 6) is -0.0971. The maximum atomic E-state index is 12.1. The number of nitrogens with one attached hydrogen (secondary N) is 1. The van der Waals surface area contributed by atoms with E-state index >= 15 is 0 Å². The summed E-state index contributed by atoms with van der Waals surface area (Å²) in [6.07, 6.45) is 0. The van der Waals surface area contributed by atoms with Gasteiger partial charge < -0.3 is 19.5 Å². The molecule has 2 aromatic carbocycles. The summed E-state index contributed by atoms with van der Waals surface area (Å²) in [6.45, 7) is 1.66. The highest BCUT2D eigenvalue weighted by Crippen LogP contribution is 2.25. The predicted molar refractivity (Wildman–Crippen MR) is 92.8 cm³/mol. The summed E-state index contributed by atoms with van der Waals surface area (Å²) in [6, 6.07) is 14.1. The smallest absolute Gasteiger partial charge is 0.341 e. The van der Waals surface area contributed by atoms with Crippen molar-refractivity contribution in [2.45, 2.75) is 13.0 Å². The highest BCUT2D eigenvalue weighted by molar-refractivity contribution is 5.92. The monoisotopic (exact) mass is 343 g/mol. The summed E-state index contributed by atoms with van der Waals surface area (Å²) >= 11 is 0. The average molecular weight is 343 g/mol. The molecule has 0 spiro atoms. The van der Waals surface area contributed by atoms with E-state index in [1.807, 2.05) is 37.3 Å². The minimum Gasteiger partial charge on any atom is -0.497 e. The van der Waals surface area contributed by atoms with Gasteiger partial charge in [0.05, 0.1) is 20.3 Å². The first-order valence-electron chi connectivity index (χ1n) is 7.78. The lowest BCUT2D eigenvalue weighted by atomic mass is 10.1. The van der Waals surface area contributed by atoms with Gasteiger partial charge in [0.25, 0.3) is 5.91 Å². The molecule has 132 valence electrons. The Morgan fingerprint density at radius 3 is 2.44 bits per heavy atom. The first-order valence-corrected chi connectivity index (χ1v) is 7.78. The quantitative estimate of drug-likeness (QED) is 0.783. The van der Waals surface area contributed by atoms with Crippen LogP contribution in [0.4, 0.5) is 0 Å². The van der Waals surface area contributed by atoms with E-state index < -0.39 is 5.97 Å². The molecule has 0 aliphatic heterocycles. The standard InChI is InChI=1S/C19H21NO5/c1-13(14-7-5-4-6-8-14)20-18(21)12-25-17-11-15(23-2)9-10-16(17)19(22)24-3/h4-11,13H,12H2,1-3H3,(H,20,21)/t13-/m0/s1. The highest BCUT2D eigenvalue weighted by atomic mass is 16.5. The lowest BCUT2D eigenvalue weighted by Gasteiger charge is -2.15. The van der Waals surface area contributed by atoms with Crippen LogP contribution in [-0.4, -0.2) is 32.7 Å². The third-order valence-corrected chi connectivity index (χ3v) is 3.63. The second-order valence-electron chi connectivity index (χ2n) is 5.34. The second-order valence-corrected chi connectivity index (χ2v) is 5.34.